The molecule has 0 aliphatic heterocycles. The zero-order valence-electron chi connectivity index (χ0n) is 24.5. The van der Waals surface area contributed by atoms with Gasteiger partial charge < -0.3 is 9.16 Å². The van der Waals surface area contributed by atoms with E-state index in [9.17, 15) is 0 Å². The maximum absolute atomic E-state index is 6.29. The van der Waals surface area contributed by atoms with Gasteiger partial charge in [0.1, 0.15) is 6.73 Å². The Morgan fingerprint density at radius 2 is 1.82 bits per heavy atom. The lowest BCUT2D eigenvalue weighted by molar-refractivity contribution is 0.0855. The van der Waals surface area contributed by atoms with Crippen molar-refractivity contribution in [2.45, 2.75) is 90.0 Å². The highest BCUT2D eigenvalue weighted by atomic mass is 32.2. The summed E-state index contributed by atoms with van der Waals surface area (Å²) in [5.41, 5.74) is 2.63. The Bertz CT molecular complexity index is 1280. The van der Waals surface area contributed by atoms with Gasteiger partial charge in [-0.2, -0.15) is 4.99 Å². The van der Waals surface area contributed by atoms with E-state index in [2.05, 4.69) is 74.7 Å². The van der Waals surface area contributed by atoms with E-state index in [1.54, 1.807) is 23.7 Å². The summed E-state index contributed by atoms with van der Waals surface area (Å²) < 4.78 is 14.4. The van der Waals surface area contributed by atoms with Crippen LogP contribution in [0.4, 0.5) is 5.82 Å². The molecule has 3 rings (SSSR count). The van der Waals surface area contributed by atoms with Crippen molar-refractivity contribution in [3.8, 4) is 10.6 Å². The van der Waals surface area contributed by atoms with Crippen LogP contribution < -0.4 is 4.80 Å². The molecule has 12 heteroatoms. The van der Waals surface area contributed by atoms with Crippen molar-refractivity contribution in [1.29, 1.82) is 0 Å². The number of rotatable bonds is 11. The van der Waals surface area contributed by atoms with Crippen molar-refractivity contribution >= 4 is 45.3 Å². The number of hydrogen-bond acceptors (Lipinski definition) is 9. The first-order chi connectivity index (χ1) is 17.7. The molecule has 0 aromatic carbocycles. The van der Waals surface area contributed by atoms with E-state index in [4.69, 9.17) is 19.1 Å². The Morgan fingerprint density at radius 3 is 2.42 bits per heavy atom. The predicted octanol–water partition coefficient (Wildman–Crippen LogP) is 6.89. The number of thioether (sulfide) groups is 1. The third-order valence-electron chi connectivity index (χ3n) is 6.50. The Morgan fingerprint density at radius 1 is 1.08 bits per heavy atom. The SMILES string of the molecule is CSc1nc(C)cc(-c2cn(COCC[Si](C)(C)C)/c(=N/c3cnc(CO[Si](C)(C)C(C)(C)C)cn3)s2)n1. The second-order valence-corrected chi connectivity index (χ2v) is 24.3. The third kappa shape index (κ3) is 8.92. The maximum atomic E-state index is 6.29. The molecule has 0 aliphatic carbocycles. The predicted molar refractivity (Wildman–Crippen MR) is 163 cm³/mol. The van der Waals surface area contributed by atoms with Crippen LogP contribution in [0, 0.1) is 6.92 Å². The molecule has 0 saturated heterocycles. The van der Waals surface area contributed by atoms with Crippen LogP contribution in [0.5, 0.6) is 0 Å². The summed E-state index contributed by atoms with van der Waals surface area (Å²) in [7, 11) is -3.02. The number of aromatic nitrogens is 5. The minimum atomic E-state index is -1.85. The molecule has 0 aliphatic rings. The lowest BCUT2D eigenvalue weighted by atomic mass is 10.2. The summed E-state index contributed by atoms with van der Waals surface area (Å²) in [6.45, 7) is 21.9. The summed E-state index contributed by atoms with van der Waals surface area (Å²) >= 11 is 3.10. The molecule has 208 valence electrons. The topological polar surface area (TPSA) is 87.3 Å². The summed E-state index contributed by atoms with van der Waals surface area (Å²) in [6, 6.07) is 3.12. The normalized spacial score (nSPS) is 13.4. The van der Waals surface area contributed by atoms with E-state index < -0.39 is 16.4 Å². The lowest BCUT2D eigenvalue weighted by Gasteiger charge is -2.35. The minimum Gasteiger partial charge on any atom is -0.411 e. The molecule has 0 radical (unpaired) electrons. The van der Waals surface area contributed by atoms with Gasteiger partial charge in [-0.3, -0.25) is 9.55 Å². The fourth-order valence-corrected chi connectivity index (χ4v) is 6.10. The van der Waals surface area contributed by atoms with Crippen LogP contribution >= 0.6 is 23.1 Å². The summed E-state index contributed by atoms with van der Waals surface area (Å²) in [5.74, 6) is 0.550. The van der Waals surface area contributed by atoms with Crippen LogP contribution in [0.2, 0.25) is 43.8 Å². The van der Waals surface area contributed by atoms with Gasteiger partial charge in [0.05, 0.1) is 35.3 Å². The van der Waals surface area contributed by atoms with Gasteiger partial charge in [0.15, 0.2) is 24.1 Å². The molecular weight excluding hydrogens is 549 g/mol. The first-order valence-electron chi connectivity index (χ1n) is 12.8. The van der Waals surface area contributed by atoms with E-state index in [0.717, 1.165) is 44.6 Å². The monoisotopic (exact) mass is 590 g/mol. The van der Waals surface area contributed by atoms with E-state index in [1.807, 2.05) is 23.8 Å². The molecule has 0 spiro atoms. The number of ether oxygens (including phenoxy) is 1. The van der Waals surface area contributed by atoms with Gasteiger partial charge in [-0.25, -0.2) is 15.0 Å². The first kappa shape index (κ1) is 30.8. The Hall–Kier alpha value is -1.71. The lowest BCUT2D eigenvalue weighted by Crippen LogP contribution is -2.40. The molecule has 0 fully saturated rings. The van der Waals surface area contributed by atoms with Gasteiger partial charge in [0.25, 0.3) is 0 Å². The quantitative estimate of drug-likeness (QED) is 0.104. The molecule has 3 aromatic heterocycles. The van der Waals surface area contributed by atoms with E-state index in [-0.39, 0.29) is 5.04 Å². The average Bonchev–Trinajstić information content (AvgIpc) is 3.22. The van der Waals surface area contributed by atoms with Crippen LogP contribution in [0.15, 0.2) is 34.8 Å². The highest BCUT2D eigenvalue weighted by Gasteiger charge is 2.37. The Kier molecular flexibility index (Phi) is 10.3. The summed E-state index contributed by atoms with van der Waals surface area (Å²) in [4.78, 5) is 25.0. The molecule has 0 atom stereocenters. The molecule has 0 amide bonds. The smallest absolute Gasteiger partial charge is 0.194 e. The van der Waals surface area contributed by atoms with Gasteiger partial charge in [-0.1, -0.05) is 63.5 Å². The first-order valence-corrected chi connectivity index (χ1v) is 21.5. The van der Waals surface area contributed by atoms with E-state index in [1.165, 1.54) is 11.8 Å². The Labute approximate surface area is 237 Å². The second-order valence-electron chi connectivity index (χ2n) is 12.1. The van der Waals surface area contributed by atoms with Crippen LogP contribution in [0.25, 0.3) is 10.6 Å². The minimum absolute atomic E-state index is 0.149. The molecule has 3 heterocycles. The highest BCUT2D eigenvalue weighted by molar-refractivity contribution is 7.98. The van der Waals surface area contributed by atoms with Crippen LogP contribution in [-0.2, 0) is 22.5 Å². The molecule has 8 nitrogen and oxygen atoms in total. The molecule has 38 heavy (non-hydrogen) atoms. The number of nitrogens with zero attached hydrogens (tertiary/aromatic N) is 6. The largest absolute Gasteiger partial charge is 0.411 e. The van der Waals surface area contributed by atoms with Crippen molar-refractivity contribution in [1.82, 2.24) is 24.5 Å². The van der Waals surface area contributed by atoms with Gasteiger partial charge in [0, 0.05) is 26.6 Å². The van der Waals surface area contributed by atoms with Crippen molar-refractivity contribution in [3.63, 3.8) is 0 Å². The van der Waals surface area contributed by atoms with Crippen LogP contribution in [-0.4, -0.2) is 53.8 Å². The number of aryl methyl sites for hydroxylation is 1. The Balaban J connectivity index is 1.86. The molecule has 0 saturated carbocycles. The van der Waals surface area contributed by atoms with Crippen LogP contribution in [0.1, 0.15) is 32.2 Å². The van der Waals surface area contributed by atoms with Crippen LogP contribution in [0.3, 0.4) is 0 Å². The zero-order chi connectivity index (χ0) is 28.1. The second kappa shape index (κ2) is 12.6. The van der Waals surface area contributed by atoms with Gasteiger partial charge in [-0.15, -0.1) is 0 Å². The zero-order valence-corrected chi connectivity index (χ0v) is 28.1. The average molecular weight is 591 g/mol. The molecule has 0 unspecified atom stereocenters. The summed E-state index contributed by atoms with van der Waals surface area (Å²) in [5, 5.41) is 0.905. The third-order valence-corrected chi connectivity index (χ3v) is 14.3. The van der Waals surface area contributed by atoms with Crippen molar-refractivity contribution in [2.75, 3.05) is 12.9 Å². The van der Waals surface area contributed by atoms with Gasteiger partial charge in [0.2, 0.25) is 0 Å². The van der Waals surface area contributed by atoms with Gasteiger partial charge in [-0.05, 0) is 43.4 Å². The van der Waals surface area contributed by atoms with Crippen molar-refractivity contribution in [2.24, 2.45) is 4.99 Å². The summed E-state index contributed by atoms with van der Waals surface area (Å²) in [6.07, 6.45) is 7.51. The van der Waals surface area contributed by atoms with Crippen molar-refractivity contribution < 1.29 is 9.16 Å². The fraction of sp³-hybridized carbons (Fsp3) is 0.577. The standard InChI is InChI=1S/C26H42N6O2S2Si2/c1-19-13-21(30-24(29-19)35-5)22-16-32(18-33-11-12-37(6,7)8)25(36-22)31-23-15-27-20(14-28-23)17-34-38(9,10)26(2,3)4/h13-16H,11-12,17-18H2,1-10H3/b31-25-. The van der Waals surface area contributed by atoms with Crippen molar-refractivity contribution in [3.05, 3.63) is 40.8 Å². The van der Waals surface area contributed by atoms with Gasteiger partial charge >= 0.3 is 0 Å². The van der Waals surface area contributed by atoms with E-state index in [0.29, 0.717) is 19.2 Å². The number of hydrogen-bond donors (Lipinski definition) is 0. The van der Waals surface area contributed by atoms with E-state index >= 15 is 0 Å². The fourth-order valence-electron chi connectivity index (χ4n) is 3.03. The maximum Gasteiger partial charge on any atom is 0.194 e. The molecule has 0 bridgehead atoms. The highest BCUT2D eigenvalue weighted by Crippen LogP contribution is 2.37. The molecular formula is C26H42N6O2S2Si2. The molecule has 0 N–H and O–H groups in total. The number of thiazole rings is 1. The molecule has 3 aromatic rings.